The monoisotopic (exact) mass is 482 g/mol. The van der Waals surface area contributed by atoms with Crippen molar-refractivity contribution in [2.45, 2.75) is 51.0 Å². The van der Waals surface area contributed by atoms with Crippen LogP contribution >= 0.6 is 23.2 Å². The molecule has 5 rings (SSSR count). The van der Waals surface area contributed by atoms with Crippen molar-refractivity contribution in [1.29, 1.82) is 0 Å². The number of rotatable bonds is 5. The molecule has 0 unspecified atom stereocenters. The van der Waals surface area contributed by atoms with Crippen LogP contribution in [0.2, 0.25) is 10.3 Å². The average molecular weight is 483 g/mol. The summed E-state index contributed by atoms with van der Waals surface area (Å²) >= 11 is 12.3. The number of fused-ring (bicyclic) bond motifs is 2. The lowest BCUT2D eigenvalue weighted by Crippen LogP contribution is -2.23. The lowest BCUT2D eigenvalue weighted by atomic mass is 9.76. The maximum atomic E-state index is 13.9. The fourth-order valence-electron chi connectivity index (χ4n) is 5.18. The molecule has 1 aliphatic carbocycles. The van der Waals surface area contributed by atoms with Crippen LogP contribution in [0.5, 0.6) is 0 Å². The van der Waals surface area contributed by atoms with Gasteiger partial charge in [0.2, 0.25) is 5.28 Å². The van der Waals surface area contributed by atoms with Gasteiger partial charge in [-0.15, -0.1) is 0 Å². The lowest BCUT2D eigenvalue weighted by Gasteiger charge is -2.31. The molecular weight excluding hydrogens is 458 g/mol. The fraction of sp³-hybridized carbons (Fsp3) is 0.346. The van der Waals surface area contributed by atoms with E-state index in [0.717, 1.165) is 59.7 Å². The molecule has 0 spiro atoms. The zero-order valence-electron chi connectivity index (χ0n) is 18.4. The quantitative estimate of drug-likeness (QED) is 0.295. The van der Waals surface area contributed by atoms with Gasteiger partial charge in [-0.05, 0) is 110 Å². The summed E-state index contributed by atoms with van der Waals surface area (Å²) in [6.07, 6.45) is 7.38. The van der Waals surface area contributed by atoms with Gasteiger partial charge >= 0.3 is 0 Å². The highest BCUT2D eigenvalue weighted by Crippen LogP contribution is 2.40. The molecule has 2 heterocycles. The van der Waals surface area contributed by atoms with Crippen molar-refractivity contribution in [2.24, 2.45) is 5.92 Å². The Morgan fingerprint density at radius 3 is 2.58 bits per heavy atom. The van der Waals surface area contributed by atoms with Crippen molar-refractivity contribution >= 4 is 50.8 Å². The van der Waals surface area contributed by atoms with Gasteiger partial charge in [0.05, 0.1) is 11.0 Å². The Labute approximate surface area is 202 Å². The van der Waals surface area contributed by atoms with Gasteiger partial charge in [0.15, 0.2) is 0 Å². The molecule has 2 aromatic carbocycles. The number of benzene rings is 2. The molecule has 0 saturated heterocycles. The largest absolute Gasteiger partial charge is 0.367 e. The van der Waals surface area contributed by atoms with Gasteiger partial charge in [-0.3, -0.25) is 4.98 Å². The minimum Gasteiger partial charge on any atom is -0.367 e. The van der Waals surface area contributed by atoms with Crippen molar-refractivity contribution in [3.8, 4) is 0 Å². The molecule has 2 aromatic heterocycles. The van der Waals surface area contributed by atoms with Gasteiger partial charge in [-0.25, -0.2) is 14.4 Å². The van der Waals surface area contributed by atoms with Crippen LogP contribution in [0.25, 0.3) is 21.8 Å². The SMILES string of the molecule is C[C@H](C[C@H]1CC[C@@H](c2ccnc3ccc(F)cc32)CC1)Nc1nc(Cl)nc2ccc(Cl)cc12. The fourth-order valence-corrected chi connectivity index (χ4v) is 5.53. The molecule has 4 nitrogen and oxygen atoms in total. The Morgan fingerprint density at radius 1 is 0.970 bits per heavy atom. The summed E-state index contributed by atoms with van der Waals surface area (Å²) in [4.78, 5) is 13.1. The molecule has 0 radical (unpaired) electrons. The summed E-state index contributed by atoms with van der Waals surface area (Å²) in [5.74, 6) is 1.59. The molecule has 0 amide bonds. The van der Waals surface area contributed by atoms with Crippen molar-refractivity contribution in [1.82, 2.24) is 15.0 Å². The molecule has 7 heteroatoms. The first-order chi connectivity index (χ1) is 16.0. The normalized spacial score (nSPS) is 19.6. The van der Waals surface area contributed by atoms with Gasteiger partial charge in [0.1, 0.15) is 11.6 Å². The van der Waals surface area contributed by atoms with Crippen LogP contribution in [-0.2, 0) is 0 Å². The third-order valence-electron chi connectivity index (χ3n) is 6.72. The zero-order chi connectivity index (χ0) is 22.9. The van der Waals surface area contributed by atoms with Crippen LogP contribution in [0, 0.1) is 11.7 Å². The van der Waals surface area contributed by atoms with E-state index in [1.807, 2.05) is 18.3 Å². The summed E-state index contributed by atoms with van der Waals surface area (Å²) in [5.41, 5.74) is 2.86. The molecule has 1 aliphatic rings. The first-order valence-corrected chi connectivity index (χ1v) is 12.2. The first-order valence-electron chi connectivity index (χ1n) is 11.4. The second kappa shape index (κ2) is 9.40. The molecule has 0 aliphatic heterocycles. The number of hydrogen-bond acceptors (Lipinski definition) is 4. The van der Waals surface area contributed by atoms with Gasteiger partial charge in [0, 0.05) is 28.0 Å². The standard InChI is InChI=1S/C26H25Cl2FN4/c1-15(31-25-22-13-18(27)6-8-24(22)32-26(28)33-25)12-16-2-4-17(5-3-16)20-10-11-30-23-9-7-19(29)14-21(20)23/h6-11,13-17H,2-5,12H2,1H3,(H,31,32,33)/t15-,16-,17+/m1/s1. The van der Waals surface area contributed by atoms with Crippen LogP contribution in [0.4, 0.5) is 10.2 Å². The minimum absolute atomic E-state index is 0.205. The molecule has 170 valence electrons. The van der Waals surface area contributed by atoms with Crippen molar-refractivity contribution in [2.75, 3.05) is 5.32 Å². The van der Waals surface area contributed by atoms with E-state index in [1.165, 1.54) is 11.6 Å². The van der Waals surface area contributed by atoms with Gasteiger partial charge in [-0.2, -0.15) is 0 Å². The Balaban J connectivity index is 1.25. The lowest BCUT2D eigenvalue weighted by molar-refractivity contribution is 0.302. The molecule has 4 aromatic rings. The highest BCUT2D eigenvalue weighted by atomic mass is 35.5. The predicted octanol–water partition coefficient (Wildman–Crippen LogP) is 7.79. The number of anilines is 1. The summed E-state index contributed by atoms with van der Waals surface area (Å²) in [5, 5.41) is 6.22. The van der Waals surface area contributed by atoms with E-state index >= 15 is 0 Å². The third-order valence-corrected chi connectivity index (χ3v) is 7.13. The van der Waals surface area contributed by atoms with E-state index in [1.54, 1.807) is 18.2 Å². The van der Waals surface area contributed by atoms with Crippen LogP contribution in [0.3, 0.4) is 0 Å². The number of pyridine rings is 1. The number of aromatic nitrogens is 3. The number of nitrogens with one attached hydrogen (secondary N) is 1. The van der Waals surface area contributed by atoms with E-state index in [-0.39, 0.29) is 17.1 Å². The number of nitrogens with zero attached hydrogens (tertiary/aromatic N) is 3. The van der Waals surface area contributed by atoms with Crippen LogP contribution in [0.15, 0.2) is 48.7 Å². The second-order valence-electron chi connectivity index (χ2n) is 9.06. The molecule has 1 N–H and O–H groups in total. The van der Waals surface area contributed by atoms with Crippen LogP contribution in [0.1, 0.15) is 50.5 Å². The summed E-state index contributed by atoms with van der Waals surface area (Å²) in [6, 6.07) is 12.7. The van der Waals surface area contributed by atoms with Gasteiger partial charge in [-0.1, -0.05) is 11.6 Å². The number of hydrogen-bond donors (Lipinski definition) is 1. The first kappa shape index (κ1) is 22.3. The van der Waals surface area contributed by atoms with Crippen molar-refractivity contribution < 1.29 is 4.39 Å². The van der Waals surface area contributed by atoms with E-state index in [4.69, 9.17) is 23.2 Å². The highest BCUT2D eigenvalue weighted by molar-refractivity contribution is 6.31. The molecule has 0 bridgehead atoms. The Kier molecular flexibility index (Phi) is 6.35. The van der Waals surface area contributed by atoms with Crippen LogP contribution < -0.4 is 5.32 Å². The Hall–Kier alpha value is -2.50. The number of halogens is 3. The average Bonchev–Trinajstić information content (AvgIpc) is 2.79. The Morgan fingerprint density at radius 2 is 1.76 bits per heavy atom. The van der Waals surface area contributed by atoms with Crippen LogP contribution in [-0.4, -0.2) is 21.0 Å². The Bertz CT molecular complexity index is 1300. The third kappa shape index (κ3) is 4.90. The smallest absolute Gasteiger partial charge is 0.224 e. The summed E-state index contributed by atoms with van der Waals surface area (Å²) < 4.78 is 13.9. The molecule has 1 fully saturated rings. The van der Waals surface area contributed by atoms with Crippen molar-refractivity contribution in [3.63, 3.8) is 0 Å². The molecule has 1 saturated carbocycles. The van der Waals surface area contributed by atoms with E-state index in [0.29, 0.717) is 16.9 Å². The predicted molar refractivity (Wildman–Crippen MR) is 134 cm³/mol. The summed E-state index contributed by atoms with van der Waals surface area (Å²) in [7, 11) is 0. The molecule has 33 heavy (non-hydrogen) atoms. The van der Waals surface area contributed by atoms with E-state index in [9.17, 15) is 4.39 Å². The van der Waals surface area contributed by atoms with E-state index in [2.05, 4.69) is 33.3 Å². The maximum absolute atomic E-state index is 13.9. The van der Waals surface area contributed by atoms with E-state index < -0.39 is 0 Å². The van der Waals surface area contributed by atoms with Crippen molar-refractivity contribution in [3.05, 3.63) is 70.3 Å². The van der Waals surface area contributed by atoms with Gasteiger partial charge in [0.25, 0.3) is 0 Å². The highest BCUT2D eigenvalue weighted by Gasteiger charge is 2.25. The second-order valence-corrected chi connectivity index (χ2v) is 9.84. The zero-order valence-corrected chi connectivity index (χ0v) is 19.9. The molecular formula is C26H25Cl2FN4. The summed E-state index contributed by atoms with van der Waals surface area (Å²) in [6.45, 7) is 2.18. The van der Waals surface area contributed by atoms with Gasteiger partial charge < -0.3 is 5.32 Å². The maximum Gasteiger partial charge on any atom is 0.224 e. The topological polar surface area (TPSA) is 50.7 Å². The minimum atomic E-state index is -0.205. The molecule has 1 atom stereocenters.